The number of methoxy groups -OCH3 is 1. The largest absolute Gasteiger partial charge is 0.489 e. The van der Waals surface area contributed by atoms with Crippen LogP contribution in [0.1, 0.15) is 27.7 Å². The Morgan fingerprint density at radius 1 is 1.33 bits per heavy atom. The molecule has 0 saturated carbocycles. The third kappa shape index (κ3) is 4.34. The molecule has 0 aromatic carbocycles. The predicted molar refractivity (Wildman–Crippen MR) is 60.5 cm³/mol. The molecule has 0 heterocycles. The Bertz CT molecular complexity index is 220. The van der Waals surface area contributed by atoms with Gasteiger partial charge in [0.2, 0.25) is 0 Å². The number of rotatable bonds is 6. The first-order valence-corrected chi connectivity index (χ1v) is 4.86. The highest BCUT2D eigenvalue weighted by molar-refractivity contribution is 6.52. The summed E-state index contributed by atoms with van der Waals surface area (Å²) in [6.45, 7) is 10.5. The molecule has 0 amide bonds. The van der Waals surface area contributed by atoms with Crippen LogP contribution >= 0.6 is 0 Å². The van der Waals surface area contributed by atoms with Crippen molar-refractivity contribution in [1.29, 1.82) is 0 Å². The van der Waals surface area contributed by atoms with Crippen LogP contribution in [0.15, 0.2) is 12.1 Å². The van der Waals surface area contributed by atoms with Crippen LogP contribution in [-0.2, 0) is 9.39 Å². The summed E-state index contributed by atoms with van der Waals surface area (Å²) in [5.41, 5.74) is -1.50. The fraction of sp³-hybridized carbons (Fsp3) is 0.800. The van der Waals surface area contributed by atoms with Crippen molar-refractivity contribution in [2.75, 3.05) is 13.7 Å². The minimum atomic E-state index is -1.13. The zero-order valence-corrected chi connectivity index (χ0v) is 10.2. The molecule has 4 nitrogen and oxygen atoms in total. The normalized spacial score (nSPS) is 12.7. The summed E-state index contributed by atoms with van der Waals surface area (Å²) in [5.74, 6) is 0. The molecule has 0 rings (SSSR count). The second-order valence-corrected chi connectivity index (χ2v) is 4.63. The molecule has 0 fully saturated rings. The Hall–Kier alpha value is -0.355. The van der Waals surface area contributed by atoms with Crippen molar-refractivity contribution in [1.82, 2.24) is 0 Å². The van der Waals surface area contributed by atoms with E-state index in [-0.39, 0.29) is 6.61 Å². The summed E-state index contributed by atoms with van der Waals surface area (Å²) in [4.78, 5) is 0. The average Bonchev–Trinajstić information content (AvgIpc) is 2.01. The van der Waals surface area contributed by atoms with Gasteiger partial charge < -0.3 is 19.5 Å². The van der Waals surface area contributed by atoms with Gasteiger partial charge in [0.15, 0.2) is 0 Å². The van der Waals surface area contributed by atoms with E-state index in [0.717, 1.165) is 0 Å². The molecule has 0 aromatic rings. The number of hydrogen-bond acceptors (Lipinski definition) is 4. The van der Waals surface area contributed by atoms with Crippen molar-refractivity contribution >= 4 is 7.12 Å². The molecule has 15 heavy (non-hydrogen) atoms. The van der Waals surface area contributed by atoms with E-state index >= 15 is 0 Å². The van der Waals surface area contributed by atoms with Gasteiger partial charge in [-0.2, -0.15) is 0 Å². The van der Waals surface area contributed by atoms with E-state index in [0.29, 0.717) is 5.47 Å². The quantitative estimate of drug-likeness (QED) is 0.644. The molecule has 0 atom stereocenters. The minimum absolute atomic E-state index is 0.225. The molecule has 5 heteroatoms. The van der Waals surface area contributed by atoms with E-state index in [2.05, 4.69) is 6.58 Å². The van der Waals surface area contributed by atoms with Crippen LogP contribution in [0.4, 0.5) is 0 Å². The fourth-order valence-electron chi connectivity index (χ4n) is 0.763. The van der Waals surface area contributed by atoms with Crippen molar-refractivity contribution < 1.29 is 19.5 Å². The molecule has 0 spiro atoms. The van der Waals surface area contributed by atoms with E-state index < -0.39 is 18.3 Å². The standard InChI is InChI=1S/C10H21BO4/c1-8(7-14-6)11(13)15-10(4,5)9(2,3)12/h12-13H,1,7H2,2-6H3. The Labute approximate surface area is 92.0 Å². The van der Waals surface area contributed by atoms with Crippen LogP contribution in [-0.4, -0.2) is 42.2 Å². The second kappa shape index (κ2) is 5.12. The van der Waals surface area contributed by atoms with Crippen LogP contribution in [0.2, 0.25) is 0 Å². The van der Waals surface area contributed by atoms with E-state index in [1.165, 1.54) is 7.11 Å². The maximum atomic E-state index is 9.81. The molecular weight excluding hydrogens is 195 g/mol. The zero-order valence-electron chi connectivity index (χ0n) is 10.2. The number of ether oxygens (including phenoxy) is 1. The molecule has 0 bridgehead atoms. The molecule has 0 aliphatic rings. The lowest BCUT2D eigenvalue weighted by Crippen LogP contribution is -2.51. The minimum Gasteiger partial charge on any atom is -0.423 e. The lowest BCUT2D eigenvalue weighted by molar-refractivity contribution is -0.0991. The van der Waals surface area contributed by atoms with Gasteiger partial charge in [-0.1, -0.05) is 0 Å². The van der Waals surface area contributed by atoms with Gasteiger partial charge >= 0.3 is 7.12 Å². The molecule has 0 radical (unpaired) electrons. The monoisotopic (exact) mass is 216 g/mol. The van der Waals surface area contributed by atoms with Gasteiger partial charge in [-0.25, -0.2) is 0 Å². The van der Waals surface area contributed by atoms with Crippen molar-refractivity contribution in [2.24, 2.45) is 0 Å². The SMILES string of the molecule is C=C(COC)B(O)OC(C)(C)C(C)(C)O. The van der Waals surface area contributed by atoms with Gasteiger partial charge in [-0.15, -0.1) is 6.58 Å². The van der Waals surface area contributed by atoms with Crippen molar-refractivity contribution in [3.8, 4) is 0 Å². The van der Waals surface area contributed by atoms with Gasteiger partial charge in [-0.3, -0.25) is 0 Å². The van der Waals surface area contributed by atoms with Crippen LogP contribution in [0, 0.1) is 0 Å². The van der Waals surface area contributed by atoms with Gasteiger partial charge in [-0.05, 0) is 33.2 Å². The lowest BCUT2D eigenvalue weighted by Gasteiger charge is -2.38. The first-order valence-electron chi connectivity index (χ1n) is 4.86. The molecule has 0 aliphatic heterocycles. The van der Waals surface area contributed by atoms with Gasteiger partial charge in [0.25, 0.3) is 0 Å². The summed E-state index contributed by atoms with van der Waals surface area (Å²) in [6.07, 6.45) is 0. The van der Waals surface area contributed by atoms with Crippen molar-refractivity contribution in [3.63, 3.8) is 0 Å². The highest BCUT2D eigenvalue weighted by atomic mass is 16.6. The smallest absolute Gasteiger partial charge is 0.423 e. The number of aliphatic hydroxyl groups is 1. The van der Waals surface area contributed by atoms with Crippen LogP contribution < -0.4 is 0 Å². The third-order valence-electron chi connectivity index (χ3n) is 2.56. The van der Waals surface area contributed by atoms with Crippen molar-refractivity contribution in [2.45, 2.75) is 38.9 Å². The molecule has 0 unspecified atom stereocenters. The summed E-state index contributed by atoms with van der Waals surface area (Å²) < 4.78 is 10.2. The first kappa shape index (κ1) is 14.6. The Morgan fingerprint density at radius 3 is 2.13 bits per heavy atom. The summed E-state index contributed by atoms with van der Waals surface area (Å²) in [5, 5.41) is 19.4. The van der Waals surface area contributed by atoms with Gasteiger partial charge in [0.05, 0.1) is 17.8 Å². The summed E-state index contributed by atoms with van der Waals surface area (Å²) in [6, 6.07) is 0. The predicted octanol–water partition coefficient (Wildman–Crippen LogP) is 0.775. The number of hydrogen-bond donors (Lipinski definition) is 2. The topological polar surface area (TPSA) is 58.9 Å². The summed E-state index contributed by atoms with van der Waals surface area (Å²) in [7, 11) is 0.380. The average molecular weight is 216 g/mol. The van der Waals surface area contributed by atoms with Crippen molar-refractivity contribution in [3.05, 3.63) is 12.1 Å². The van der Waals surface area contributed by atoms with E-state index in [9.17, 15) is 10.1 Å². The Morgan fingerprint density at radius 2 is 1.80 bits per heavy atom. The second-order valence-electron chi connectivity index (χ2n) is 4.63. The molecular formula is C10H21BO4. The Balaban J connectivity index is 4.40. The van der Waals surface area contributed by atoms with Crippen LogP contribution in [0.3, 0.4) is 0 Å². The molecule has 88 valence electrons. The molecule has 0 saturated heterocycles. The van der Waals surface area contributed by atoms with E-state index in [1.54, 1.807) is 27.7 Å². The molecule has 2 N–H and O–H groups in total. The summed E-state index contributed by atoms with van der Waals surface area (Å²) >= 11 is 0. The molecule has 0 aromatic heterocycles. The fourth-order valence-corrected chi connectivity index (χ4v) is 0.763. The molecule has 0 aliphatic carbocycles. The maximum Gasteiger partial charge on any atom is 0.489 e. The van der Waals surface area contributed by atoms with Crippen LogP contribution in [0.5, 0.6) is 0 Å². The highest BCUT2D eigenvalue weighted by Crippen LogP contribution is 2.26. The highest BCUT2D eigenvalue weighted by Gasteiger charge is 2.39. The first-order chi connectivity index (χ1) is 6.62. The Kier molecular flexibility index (Phi) is 5.00. The van der Waals surface area contributed by atoms with E-state index in [4.69, 9.17) is 9.39 Å². The lowest BCUT2D eigenvalue weighted by atomic mass is 9.77. The zero-order chi connectivity index (χ0) is 12.3. The van der Waals surface area contributed by atoms with E-state index in [1.807, 2.05) is 0 Å². The third-order valence-corrected chi connectivity index (χ3v) is 2.56. The van der Waals surface area contributed by atoms with Crippen LogP contribution in [0.25, 0.3) is 0 Å². The van der Waals surface area contributed by atoms with Gasteiger partial charge in [0, 0.05) is 7.11 Å². The van der Waals surface area contributed by atoms with Gasteiger partial charge in [0.1, 0.15) is 0 Å². The maximum absolute atomic E-state index is 9.81.